The molecule has 6 rings (SSSR count). The van der Waals surface area contributed by atoms with Gasteiger partial charge in [-0.15, -0.1) is 10.2 Å². The van der Waals surface area contributed by atoms with Gasteiger partial charge in [0.25, 0.3) is 11.1 Å². The number of hydrogen-bond acceptors (Lipinski definition) is 10. The first-order valence-corrected chi connectivity index (χ1v) is 15.9. The number of ether oxygens (including phenoxy) is 2. The van der Waals surface area contributed by atoms with Gasteiger partial charge in [0.15, 0.2) is 11.6 Å². The number of halogens is 2. The van der Waals surface area contributed by atoms with Crippen molar-refractivity contribution in [2.75, 3.05) is 36.0 Å². The second-order valence-corrected chi connectivity index (χ2v) is 12.1. The van der Waals surface area contributed by atoms with Gasteiger partial charge in [0.05, 0.1) is 5.02 Å². The maximum absolute atomic E-state index is 13.6. The number of rotatable bonds is 6. The number of para-hydroxylation sites is 2. The van der Waals surface area contributed by atoms with Crippen LogP contribution in [0.2, 0.25) is 5.02 Å². The predicted octanol–water partition coefficient (Wildman–Crippen LogP) is 1.85. The fourth-order valence-electron chi connectivity index (χ4n) is 5.57. The Balaban J connectivity index is 0.000000188. The van der Waals surface area contributed by atoms with Crippen LogP contribution in [0.4, 0.5) is 16.0 Å². The SMILES string of the molecule is Cn1nc(N2CCC(Oc3ccccc3Cl)CC2)c(=O)n(C)c1=O.Cn1nc(N2CCC(Oc3ccccc3F)CC2)c(=O)n(C)c1=O. The highest BCUT2D eigenvalue weighted by molar-refractivity contribution is 6.32. The van der Waals surface area contributed by atoms with E-state index in [-0.39, 0.29) is 35.2 Å². The van der Waals surface area contributed by atoms with Crippen LogP contribution in [0.15, 0.2) is 67.7 Å². The summed E-state index contributed by atoms with van der Waals surface area (Å²) in [5.41, 5.74) is -1.67. The molecule has 2 aliphatic heterocycles. The summed E-state index contributed by atoms with van der Waals surface area (Å²) < 4.78 is 29.8. The number of piperidine rings is 2. The van der Waals surface area contributed by atoms with Gasteiger partial charge in [-0.2, -0.15) is 0 Å². The molecule has 0 aliphatic carbocycles. The Kier molecular flexibility index (Phi) is 10.7. The molecule has 0 saturated carbocycles. The summed E-state index contributed by atoms with van der Waals surface area (Å²) in [4.78, 5) is 51.6. The summed E-state index contributed by atoms with van der Waals surface area (Å²) in [6, 6.07) is 13.7. The summed E-state index contributed by atoms with van der Waals surface area (Å²) in [6.07, 6.45) is 2.70. The molecular weight excluding hydrogens is 647 g/mol. The number of aryl methyl sites for hydroxylation is 2. The molecule has 0 spiro atoms. The Morgan fingerprint density at radius 3 is 1.48 bits per heavy atom. The van der Waals surface area contributed by atoms with Crippen molar-refractivity contribution in [3.63, 3.8) is 0 Å². The molecule has 2 aliphatic rings. The maximum Gasteiger partial charge on any atom is 0.346 e. The first-order chi connectivity index (χ1) is 22.9. The second-order valence-electron chi connectivity index (χ2n) is 11.7. The molecule has 2 saturated heterocycles. The zero-order chi connectivity index (χ0) is 34.5. The van der Waals surface area contributed by atoms with Crippen LogP contribution in [0.25, 0.3) is 0 Å². The molecule has 2 aromatic carbocycles. The lowest BCUT2D eigenvalue weighted by Gasteiger charge is -2.32. The summed E-state index contributed by atoms with van der Waals surface area (Å²) in [6.45, 7) is 2.38. The molecule has 0 atom stereocenters. The topological polar surface area (TPSA) is 139 Å². The third-order valence-corrected chi connectivity index (χ3v) is 8.66. The smallest absolute Gasteiger partial charge is 0.346 e. The van der Waals surface area contributed by atoms with Gasteiger partial charge in [-0.3, -0.25) is 18.7 Å². The highest BCUT2D eigenvalue weighted by Gasteiger charge is 2.26. The molecule has 4 heterocycles. The Labute approximate surface area is 280 Å². The molecule has 48 heavy (non-hydrogen) atoms. The lowest BCUT2D eigenvalue weighted by Crippen LogP contribution is -2.46. The van der Waals surface area contributed by atoms with Crippen molar-refractivity contribution >= 4 is 23.2 Å². The van der Waals surface area contributed by atoms with E-state index < -0.39 is 16.9 Å². The summed E-state index contributed by atoms with van der Waals surface area (Å²) in [7, 11) is 5.95. The van der Waals surface area contributed by atoms with Crippen LogP contribution in [0, 0.1) is 5.82 Å². The summed E-state index contributed by atoms with van der Waals surface area (Å²) in [5.74, 6) is 1.09. The van der Waals surface area contributed by atoms with Crippen molar-refractivity contribution in [2.24, 2.45) is 28.2 Å². The van der Waals surface area contributed by atoms with E-state index in [4.69, 9.17) is 21.1 Å². The van der Waals surface area contributed by atoms with E-state index in [9.17, 15) is 23.6 Å². The molecule has 0 unspecified atom stereocenters. The molecule has 0 radical (unpaired) electrons. The van der Waals surface area contributed by atoms with Crippen LogP contribution in [-0.4, -0.2) is 67.1 Å². The van der Waals surface area contributed by atoms with Gasteiger partial charge in [-0.25, -0.2) is 23.3 Å². The molecule has 14 nitrogen and oxygen atoms in total. The first kappa shape index (κ1) is 34.4. The minimum atomic E-state index is -0.457. The van der Waals surface area contributed by atoms with Crippen molar-refractivity contribution in [3.05, 3.63) is 101 Å². The normalized spacial score (nSPS) is 15.5. The lowest BCUT2D eigenvalue weighted by atomic mass is 10.1. The Bertz CT molecular complexity index is 1850. The van der Waals surface area contributed by atoms with E-state index in [1.54, 1.807) is 31.3 Å². The number of aromatic nitrogens is 6. The number of nitrogens with zero attached hydrogens (tertiary/aromatic N) is 8. The van der Waals surface area contributed by atoms with Crippen LogP contribution in [0.3, 0.4) is 0 Å². The molecule has 256 valence electrons. The van der Waals surface area contributed by atoms with Crippen LogP contribution in [0.1, 0.15) is 25.7 Å². The monoisotopic (exact) mass is 684 g/mol. The van der Waals surface area contributed by atoms with Crippen molar-refractivity contribution in [3.8, 4) is 11.5 Å². The number of hydrogen-bond donors (Lipinski definition) is 0. The molecule has 2 fully saturated rings. The standard InChI is InChI=1S/C16H19ClN4O3.C16H19FN4O3/c2*1-19-15(22)14(18-20(2)16(19)23)21-9-7-11(8-10-21)24-13-6-4-3-5-12(13)17/h2*3-6,11H,7-10H2,1-2H3. The van der Waals surface area contributed by atoms with Gasteiger partial charge in [0.2, 0.25) is 11.6 Å². The highest BCUT2D eigenvalue weighted by Crippen LogP contribution is 2.27. The lowest BCUT2D eigenvalue weighted by molar-refractivity contribution is 0.163. The van der Waals surface area contributed by atoms with Gasteiger partial charge in [-0.05, 0) is 24.3 Å². The van der Waals surface area contributed by atoms with E-state index in [1.165, 1.54) is 31.9 Å². The van der Waals surface area contributed by atoms with E-state index in [0.717, 1.165) is 26.7 Å². The Hall–Kier alpha value is -4.92. The molecule has 2 aromatic heterocycles. The minimum Gasteiger partial charge on any atom is -0.489 e. The van der Waals surface area contributed by atoms with Gasteiger partial charge in [0.1, 0.15) is 18.0 Å². The summed E-state index contributed by atoms with van der Waals surface area (Å²) >= 11 is 6.12. The van der Waals surface area contributed by atoms with Gasteiger partial charge >= 0.3 is 11.4 Å². The van der Waals surface area contributed by atoms with E-state index in [1.807, 2.05) is 28.0 Å². The van der Waals surface area contributed by atoms with Crippen molar-refractivity contribution < 1.29 is 13.9 Å². The fraction of sp³-hybridized carbons (Fsp3) is 0.438. The molecular formula is C32H38ClFN8O6. The maximum atomic E-state index is 13.6. The van der Waals surface area contributed by atoms with Gasteiger partial charge < -0.3 is 19.3 Å². The largest absolute Gasteiger partial charge is 0.489 e. The number of benzene rings is 2. The van der Waals surface area contributed by atoms with Crippen LogP contribution in [0.5, 0.6) is 11.5 Å². The fourth-order valence-corrected chi connectivity index (χ4v) is 5.75. The average Bonchev–Trinajstić information content (AvgIpc) is 3.09. The molecule has 0 amide bonds. The predicted molar refractivity (Wildman–Crippen MR) is 179 cm³/mol. The molecule has 4 aromatic rings. The van der Waals surface area contributed by atoms with E-state index >= 15 is 0 Å². The zero-order valence-electron chi connectivity index (χ0n) is 27.2. The second kappa shape index (κ2) is 14.9. The molecule has 0 N–H and O–H groups in total. The third kappa shape index (κ3) is 7.62. The van der Waals surface area contributed by atoms with Crippen molar-refractivity contribution in [1.29, 1.82) is 0 Å². The van der Waals surface area contributed by atoms with Crippen molar-refractivity contribution in [2.45, 2.75) is 37.9 Å². The Morgan fingerprint density at radius 1 is 0.646 bits per heavy atom. The highest BCUT2D eigenvalue weighted by atomic mass is 35.5. The number of anilines is 2. The van der Waals surface area contributed by atoms with E-state index in [2.05, 4.69) is 10.2 Å². The Morgan fingerprint density at radius 2 is 1.04 bits per heavy atom. The van der Waals surface area contributed by atoms with E-state index in [0.29, 0.717) is 55.6 Å². The summed E-state index contributed by atoms with van der Waals surface area (Å²) in [5, 5.41) is 8.78. The van der Waals surface area contributed by atoms with Crippen LogP contribution in [-0.2, 0) is 28.2 Å². The van der Waals surface area contributed by atoms with Crippen LogP contribution >= 0.6 is 11.6 Å². The van der Waals surface area contributed by atoms with Gasteiger partial charge in [0, 0.05) is 80.1 Å². The van der Waals surface area contributed by atoms with Crippen LogP contribution < -0.4 is 41.8 Å². The zero-order valence-corrected chi connectivity index (χ0v) is 28.0. The first-order valence-electron chi connectivity index (χ1n) is 15.6. The van der Waals surface area contributed by atoms with Gasteiger partial charge in [-0.1, -0.05) is 35.9 Å². The quantitative estimate of drug-likeness (QED) is 0.296. The average molecular weight is 685 g/mol. The minimum absolute atomic E-state index is 0.0394. The molecule has 16 heteroatoms. The van der Waals surface area contributed by atoms with Crippen molar-refractivity contribution in [1.82, 2.24) is 28.7 Å². The molecule has 0 bridgehead atoms. The third-order valence-electron chi connectivity index (χ3n) is 8.35.